The summed E-state index contributed by atoms with van der Waals surface area (Å²) < 4.78 is 0. The Labute approximate surface area is 136 Å². The van der Waals surface area contributed by atoms with Crippen LogP contribution in [0, 0.1) is 0 Å². The lowest BCUT2D eigenvalue weighted by Crippen LogP contribution is -1.96. The van der Waals surface area contributed by atoms with E-state index in [1.54, 1.807) is 0 Å². The Balaban J connectivity index is 2.01. The minimum Gasteiger partial charge on any atom is -0.226 e. The fourth-order valence-corrected chi connectivity index (χ4v) is 2.49. The van der Waals surface area contributed by atoms with Gasteiger partial charge in [-0.3, -0.25) is 0 Å². The Kier molecular flexibility index (Phi) is 11.3. The summed E-state index contributed by atoms with van der Waals surface area (Å²) in [6.45, 7) is 6.10. The smallest absolute Gasteiger partial charge is 0.0892 e. The highest BCUT2D eigenvalue weighted by atomic mass is 14.8. The van der Waals surface area contributed by atoms with Crippen molar-refractivity contribution in [2.45, 2.75) is 71.1 Å². The fourth-order valence-electron chi connectivity index (χ4n) is 2.49. The molecule has 0 aliphatic carbocycles. The van der Waals surface area contributed by atoms with Crippen molar-refractivity contribution >= 4 is 6.01 Å². The third-order valence-corrected chi connectivity index (χ3v) is 4.00. The van der Waals surface area contributed by atoms with Crippen molar-refractivity contribution in [3.05, 3.63) is 35.9 Å². The highest BCUT2D eigenvalue weighted by Crippen LogP contribution is 2.14. The number of aliphatic imine (C=N–C) groups is 2. The van der Waals surface area contributed by atoms with Gasteiger partial charge in [0.1, 0.15) is 0 Å². The van der Waals surface area contributed by atoms with Crippen molar-refractivity contribution in [3.63, 3.8) is 0 Å². The average molecular weight is 300 g/mol. The van der Waals surface area contributed by atoms with Crippen LogP contribution in [0.25, 0.3) is 0 Å². The molecule has 0 aliphatic heterocycles. The molecule has 0 spiro atoms. The molecule has 0 heterocycles. The van der Waals surface area contributed by atoms with Gasteiger partial charge in [-0.25, -0.2) is 9.98 Å². The Hall–Kier alpha value is -1.40. The molecule has 0 saturated heterocycles. The van der Waals surface area contributed by atoms with Crippen LogP contribution in [-0.4, -0.2) is 19.1 Å². The highest BCUT2D eigenvalue weighted by molar-refractivity contribution is 5.41. The molecule has 0 amide bonds. The Morgan fingerprint density at radius 1 is 0.864 bits per heavy atom. The van der Waals surface area contributed by atoms with Gasteiger partial charge in [-0.1, -0.05) is 89.1 Å². The minimum atomic E-state index is 0.437. The van der Waals surface area contributed by atoms with E-state index < -0.39 is 0 Å². The van der Waals surface area contributed by atoms with Crippen molar-refractivity contribution in [3.8, 4) is 0 Å². The molecule has 1 aromatic carbocycles. The second-order valence-corrected chi connectivity index (χ2v) is 6.11. The number of unbranched alkanes of at least 4 members (excludes halogenated alkanes) is 7. The topological polar surface area (TPSA) is 24.7 Å². The molecule has 1 atom stereocenters. The summed E-state index contributed by atoms with van der Waals surface area (Å²) in [5.41, 5.74) is 1.33. The molecule has 1 rings (SSSR count). The molecule has 2 nitrogen and oxygen atoms in total. The zero-order valence-electron chi connectivity index (χ0n) is 14.4. The van der Waals surface area contributed by atoms with Crippen molar-refractivity contribution in [1.29, 1.82) is 0 Å². The molecule has 1 unspecified atom stereocenters. The lowest BCUT2D eigenvalue weighted by molar-refractivity contribution is 0.578. The zero-order valence-corrected chi connectivity index (χ0v) is 14.4. The lowest BCUT2D eigenvalue weighted by Gasteiger charge is -2.06. The van der Waals surface area contributed by atoms with Gasteiger partial charge in [0.2, 0.25) is 0 Å². The lowest BCUT2D eigenvalue weighted by atomic mass is 10.0. The first-order chi connectivity index (χ1) is 10.8. The van der Waals surface area contributed by atoms with Gasteiger partial charge in [-0.05, 0) is 12.0 Å². The normalized spacial score (nSPS) is 11.7. The molecule has 0 aromatic heterocycles. The van der Waals surface area contributed by atoms with Gasteiger partial charge in [0.05, 0.1) is 12.6 Å². The van der Waals surface area contributed by atoms with Gasteiger partial charge in [0, 0.05) is 12.5 Å². The Bertz CT molecular complexity index is 419. The predicted octanol–water partition coefficient (Wildman–Crippen LogP) is 6.10. The van der Waals surface area contributed by atoms with E-state index in [9.17, 15) is 0 Å². The van der Waals surface area contributed by atoms with Crippen LogP contribution in [0.3, 0.4) is 0 Å². The molecular weight excluding hydrogens is 268 g/mol. The van der Waals surface area contributed by atoms with Crippen LogP contribution in [0.5, 0.6) is 0 Å². The van der Waals surface area contributed by atoms with E-state index >= 15 is 0 Å². The number of benzene rings is 1. The molecular formula is C20H32N2. The largest absolute Gasteiger partial charge is 0.226 e. The Morgan fingerprint density at radius 3 is 2.18 bits per heavy atom. The van der Waals surface area contributed by atoms with Crippen LogP contribution in [0.15, 0.2) is 40.3 Å². The maximum Gasteiger partial charge on any atom is 0.0892 e. The summed E-state index contributed by atoms with van der Waals surface area (Å²) in [5, 5.41) is 0. The SMILES string of the molecule is CCCCCCCCCCN=C=NCC(C)c1ccccc1. The third kappa shape index (κ3) is 9.52. The maximum absolute atomic E-state index is 4.30. The van der Waals surface area contributed by atoms with Crippen LogP contribution in [0.4, 0.5) is 0 Å². The van der Waals surface area contributed by atoms with Crippen LogP contribution in [-0.2, 0) is 0 Å². The maximum atomic E-state index is 4.30. The van der Waals surface area contributed by atoms with Crippen LogP contribution >= 0.6 is 0 Å². The molecule has 0 saturated carbocycles. The molecule has 22 heavy (non-hydrogen) atoms. The highest BCUT2D eigenvalue weighted by Gasteiger charge is 2.01. The number of hydrogen-bond donors (Lipinski definition) is 0. The van der Waals surface area contributed by atoms with Crippen molar-refractivity contribution in [1.82, 2.24) is 0 Å². The summed E-state index contributed by atoms with van der Waals surface area (Å²) in [5.74, 6) is 0.437. The molecule has 1 aromatic rings. The summed E-state index contributed by atoms with van der Waals surface area (Å²) in [7, 11) is 0. The molecule has 0 fully saturated rings. The second kappa shape index (κ2) is 13.3. The predicted molar refractivity (Wildman–Crippen MR) is 97.1 cm³/mol. The van der Waals surface area contributed by atoms with Gasteiger partial charge in [0.15, 0.2) is 0 Å². The van der Waals surface area contributed by atoms with Crippen LogP contribution in [0.2, 0.25) is 0 Å². The van der Waals surface area contributed by atoms with E-state index in [1.807, 2.05) is 6.07 Å². The number of nitrogens with zero attached hydrogens (tertiary/aromatic N) is 2. The van der Waals surface area contributed by atoms with Crippen LogP contribution in [0.1, 0.15) is 76.7 Å². The van der Waals surface area contributed by atoms with Crippen molar-refractivity contribution in [2.24, 2.45) is 9.98 Å². The first-order valence-electron chi connectivity index (χ1n) is 8.97. The van der Waals surface area contributed by atoms with Gasteiger partial charge in [0.25, 0.3) is 0 Å². The average Bonchev–Trinajstić information content (AvgIpc) is 2.56. The summed E-state index contributed by atoms with van der Waals surface area (Å²) in [6, 6.07) is 13.4. The summed E-state index contributed by atoms with van der Waals surface area (Å²) in [6.07, 6.45) is 10.7. The van der Waals surface area contributed by atoms with Crippen molar-refractivity contribution < 1.29 is 0 Å². The number of hydrogen-bond acceptors (Lipinski definition) is 2. The third-order valence-electron chi connectivity index (χ3n) is 4.00. The molecule has 0 aliphatic rings. The molecule has 0 N–H and O–H groups in total. The van der Waals surface area contributed by atoms with Gasteiger partial charge in [-0.15, -0.1) is 0 Å². The van der Waals surface area contributed by atoms with E-state index in [-0.39, 0.29) is 0 Å². The van der Waals surface area contributed by atoms with Gasteiger partial charge >= 0.3 is 0 Å². The molecule has 0 radical (unpaired) electrons. The fraction of sp³-hybridized carbons (Fsp3) is 0.650. The van der Waals surface area contributed by atoms with Crippen molar-refractivity contribution in [2.75, 3.05) is 13.1 Å². The Morgan fingerprint density at radius 2 is 1.50 bits per heavy atom. The second-order valence-electron chi connectivity index (χ2n) is 6.11. The van der Waals surface area contributed by atoms with E-state index in [2.05, 4.69) is 54.1 Å². The first-order valence-corrected chi connectivity index (χ1v) is 8.97. The minimum absolute atomic E-state index is 0.437. The summed E-state index contributed by atoms with van der Waals surface area (Å²) in [4.78, 5) is 8.57. The molecule has 122 valence electrons. The van der Waals surface area contributed by atoms with Gasteiger partial charge in [-0.2, -0.15) is 0 Å². The standard InChI is InChI=1S/C20H32N2/c1-3-4-5-6-7-8-9-13-16-21-18-22-17-19(2)20-14-11-10-12-15-20/h10-12,14-15,19H,3-9,13,16-17H2,1-2H3. The monoisotopic (exact) mass is 300 g/mol. The molecule has 2 heteroatoms. The van der Waals surface area contributed by atoms with E-state index in [0.29, 0.717) is 5.92 Å². The van der Waals surface area contributed by atoms with E-state index in [1.165, 1.54) is 56.9 Å². The summed E-state index contributed by atoms with van der Waals surface area (Å²) >= 11 is 0. The molecule has 0 bridgehead atoms. The van der Waals surface area contributed by atoms with Gasteiger partial charge < -0.3 is 0 Å². The zero-order chi connectivity index (χ0) is 15.9. The van der Waals surface area contributed by atoms with E-state index in [0.717, 1.165) is 13.1 Å². The van der Waals surface area contributed by atoms with E-state index in [4.69, 9.17) is 0 Å². The quantitative estimate of drug-likeness (QED) is 0.329. The van der Waals surface area contributed by atoms with Crippen LogP contribution < -0.4 is 0 Å². The first kappa shape index (κ1) is 18.6. The number of rotatable bonds is 12.